The smallest absolute Gasteiger partial charge is 0.338 e. The van der Waals surface area contributed by atoms with Crippen LogP contribution in [0.25, 0.3) is 0 Å². The molecule has 0 aromatic heterocycles. The largest absolute Gasteiger partial charge is 0.462 e. The van der Waals surface area contributed by atoms with Crippen LogP contribution in [0.4, 0.5) is 11.4 Å². The summed E-state index contributed by atoms with van der Waals surface area (Å²) in [4.78, 5) is 24.4. The van der Waals surface area contributed by atoms with E-state index in [1.165, 1.54) is 24.3 Å². The van der Waals surface area contributed by atoms with E-state index in [0.29, 0.717) is 11.4 Å². The molecule has 166 valence electrons. The lowest BCUT2D eigenvalue weighted by Crippen LogP contribution is -2.17. The van der Waals surface area contributed by atoms with Crippen LogP contribution in [0.15, 0.2) is 71.6 Å². The summed E-state index contributed by atoms with van der Waals surface area (Å²) in [6, 6.07) is 17.1. The Morgan fingerprint density at radius 1 is 0.969 bits per heavy atom. The number of rotatable bonds is 7. The molecule has 1 amide bonds. The lowest BCUT2D eigenvalue weighted by atomic mass is 10.1. The number of carbonyl (C=O) groups excluding carboxylic acids is 2. The van der Waals surface area contributed by atoms with E-state index in [2.05, 4.69) is 10.0 Å². The van der Waals surface area contributed by atoms with Gasteiger partial charge in [0, 0.05) is 11.3 Å². The Morgan fingerprint density at radius 3 is 2.44 bits per heavy atom. The lowest BCUT2D eigenvalue weighted by molar-refractivity contribution is 0.0526. The standard InChI is InChI=1S/C23H21ClN2O5S/c1-3-31-23(28)17-8-6-9-18(13-17)25-22(27)16-11-12-19(24)21(14-16)32(29,30)26-20-10-5-4-7-15(20)2/h4-14,26H,3H2,1-2H3,(H,25,27). The summed E-state index contributed by atoms with van der Waals surface area (Å²) in [7, 11) is -4.04. The molecular formula is C23H21ClN2O5S. The molecule has 0 spiro atoms. The summed E-state index contributed by atoms with van der Waals surface area (Å²) in [6.07, 6.45) is 0. The van der Waals surface area contributed by atoms with Gasteiger partial charge in [-0.15, -0.1) is 0 Å². The maximum Gasteiger partial charge on any atom is 0.338 e. The van der Waals surface area contributed by atoms with Crippen molar-refractivity contribution < 1.29 is 22.7 Å². The van der Waals surface area contributed by atoms with Crippen LogP contribution >= 0.6 is 11.6 Å². The molecule has 0 saturated heterocycles. The molecule has 0 unspecified atom stereocenters. The Bertz CT molecular complexity index is 1270. The molecule has 0 radical (unpaired) electrons. The van der Waals surface area contributed by atoms with Crippen molar-refractivity contribution in [3.63, 3.8) is 0 Å². The van der Waals surface area contributed by atoms with Crippen molar-refractivity contribution in [3.8, 4) is 0 Å². The Morgan fingerprint density at radius 2 is 1.72 bits per heavy atom. The average molecular weight is 473 g/mol. The molecule has 3 aromatic carbocycles. The number of aryl methyl sites for hydroxylation is 1. The highest BCUT2D eigenvalue weighted by atomic mass is 35.5. The van der Waals surface area contributed by atoms with Crippen LogP contribution in [0.2, 0.25) is 5.02 Å². The van der Waals surface area contributed by atoms with Gasteiger partial charge in [-0.1, -0.05) is 35.9 Å². The number of amides is 1. The molecule has 3 aromatic rings. The second kappa shape index (κ2) is 9.84. The van der Waals surface area contributed by atoms with Gasteiger partial charge in [0.1, 0.15) is 4.90 Å². The number of sulfonamides is 1. The van der Waals surface area contributed by atoms with Crippen molar-refractivity contribution in [1.82, 2.24) is 0 Å². The molecule has 9 heteroatoms. The van der Waals surface area contributed by atoms with E-state index < -0.39 is 21.9 Å². The van der Waals surface area contributed by atoms with Crippen LogP contribution in [0, 0.1) is 6.92 Å². The third-order valence-corrected chi connectivity index (χ3v) is 6.35. The minimum Gasteiger partial charge on any atom is -0.462 e. The van der Waals surface area contributed by atoms with E-state index in [0.717, 1.165) is 5.56 Å². The lowest BCUT2D eigenvalue weighted by Gasteiger charge is -2.13. The molecule has 0 bridgehead atoms. The van der Waals surface area contributed by atoms with Gasteiger partial charge in [-0.2, -0.15) is 0 Å². The third-order valence-electron chi connectivity index (χ3n) is 4.50. The highest BCUT2D eigenvalue weighted by Crippen LogP contribution is 2.26. The van der Waals surface area contributed by atoms with E-state index in [4.69, 9.17) is 16.3 Å². The average Bonchev–Trinajstić information content (AvgIpc) is 2.75. The Kier molecular flexibility index (Phi) is 7.17. The highest BCUT2D eigenvalue weighted by Gasteiger charge is 2.21. The van der Waals surface area contributed by atoms with E-state index in [1.54, 1.807) is 56.3 Å². The second-order valence-corrected chi connectivity index (χ2v) is 8.88. The first-order valence-electron chi connectivity index (χ1n) is 9.68. The summed E-state index contributed by atoms with van der Waals surface area (Å²) in [5.41, 5.74) is 1.88. The van der Waals surface area contributed by atoms with Gasteiger partial charge in [-0.05, 0) is 61.9 Å². The number of hydrogen-bond donors (Lipinski definition) is 2. The predicted molar refractivity (Wildman–Crippen MR) is 124 cm³/mol. The second-order valence-electron chi connectivity index (χ2n) is 6.82. The first-order valence-corrected chi connectivity index (χ1v) is 11.5. The topological polar surface area (TPSA) is 102 Å². The number of carbonyl (C=O) groups is 2. The first-order chi connectivity index (χ1) is 15.2. The van der Waals surface area contributed by atoms with Gasteiger partial charge in [0.15, 0.2) is 0 Å². The van der Waals surface area contributed by atoms with Gasteiger partial charge >= 0.3 is 5.97 Å². The summed E-state index contributed by atoms with van der Waals surface area (Å²) in [5.74, 6) is -1.07. The number of ether oxygens (including phenoxy) is 1. The molecule has 2 N–H and O–H groups in total. The van der Waals surface area contributed by atoms with Crippen LogP contribution in [0.5, 0.6) is 0 Å². The number of esters is 1. The van der Waals surface area contributed by atoms with Crippen LogP contribution in [-0.4, -0.2) is 26.9 Å². The van der Waals surface area contributed by atoms with Crippen molar-refractivity contribution in [3.05, 3.63) is 88.4 Å². The Balaban J connectivity index is 1.85. The quantitative estimate of drug-likeness (QED) is 0.477. The van der Waals surface area contributed by atoms with Crippen molar-refractivity contribution in [2.24, 2.45) is 0 Å². The molecule has 0 aliphatic heterocycles. The Hall–Kier alpha value is -3.36. The summed E-state index contributed by atoms with van der Waals surface area (Å²) in [5, 5.41) is 2.63. The van der Waals surface area contributed by atoms with E-state index in [9.17, 15) is 18.0 Å². The van der Waals surface area contributed by atoms with Gasteiger partial charge in [-0.3, -0.25) is 9.52 Å². The van der Waals surface area contributed by atoms with Crippen molar-refractivity contribution >= 4 is 44.9 Å². The summed E-state index contributed by atoms with van der Waals surface area (Å²) < 4.78 is 33.3. The van der Waals surface area contributed by atoms with Gasteiger partial charge in [0.05, 0.1) is 22.9 Å². The van der Waals surface area contributed by atoms with E-state index in [1.807, 2.05) is 0 Å². The third kappa shape index (κ3) is 5.46. The number of benzene rings is 3. The monoisotopic (exact) mass is 472 g/mol. The molecule has 0 aliphatic rings. The van der Waals surface area contributed by atoms with Gasteiger partial charge in [0.2, 0.25) is 0 Å². The zero-order valence-electron chi connectivity index (χ0n) is 17.4. The molecular weight excluding hydrogens is 452 g/mol. The van der Waals surface area contributed by atoms with Crippen LogP contribution in [0.1, 0.15) is 33.2 Å². The predicted octanol–water partition coefficient (Wildman–Crippen LogP) is 4.88. The van der Waals surface area contributed by atoms with Crippen LogP contribution in [-0.2, 0) is 14.8 Å². The normalized spacial score (nSPS) is 11.0. The van der Waals surface area contributed by atoms with Crippen LogP contribution < -0.4 is 10.0 Å². The molecule has 0 fully saturated rings. The molecule has 3 rings (SSSR count). The van der Waals surface area contributed by atoms with Gasteiger partial charge in [0.25, 0.3) is 15.9 Å². The van der Waals surface area contributed by atoms with Crippen molar-refractivity contribution in [2.45, 2.75) is 18.7 Å². The summed E-state index contributed by atoms with van der Waals surface area (Å²) >= 11 is 6.13. The van der Waals surface area contributed by atoms with Crippen molar-refractivity contribution in [2.75, 3.05) is 16.6 Å². The maximum atomic E-state index is 12.9. The number of hydrogen-bond acceptors (Lipinski definition) is 5. The fourth-order valence-corrected chi connectivity index (χ4v) is 4.54. The number of halogens is 1. The van der Waals surface area contributed by atoms with Crippen LogP contribution in [0.3, 0.4) is 0 Å². The molecule has 32 heavy (non-hydrogen) atoms. The molecule has 7 nitrogen and oxygen atoms in total. The Labute approximate surface area is 191 Å². The SMILES string of the molecule is CCOC(=O)c1cccc(NC(=O)c2ccc(Cl)c(S(=O)(=O)Nc3ccccc3C)c2)c1. The van der Waals surface area contributed by atoms with E-state index in [-0.39, 0.29) is 27.7 Å². The molecule has 0 aliphatic carbocycles. The first kappa shape index (κ1) is 23.3. The fourth-order valence-electron chi connectivity index (χ4n) is 2.88. The minimum absolute atomic E-state index is 0.0213. The van der Waals surface area contributed by atoms with Gasteiger partial charge < -0.3 is 10.1 Å². The fraction of sp³-hybridized carbons (Fsp3) is 0.130. The number of anilines is 2. The number of nitrogens with one attached hydrogen (secondary N) is 2. The number of para-hydroxylation sites is 1. The summed E-state index contributed by atoms with van der Waals surface area (Å²) in [6.45, 7) is 3.70. The van der Waals surface area contributed by atoms with Gasteiger partial charge in [-0.25, -0.2) is 13.2 Å². The molecule has 0 heterocycles. The van der Waals surface area contributed by atoms with Crippen molar-refractivity contribution in [1.29, 1.82) is 0 Å². The zero-order valence-corrected chi connectivity index (χ0v) is 19.0. The molecule has 0 saturated carbocycles. The highest BCUT2D eigenvalue weighted by molar-refractivity contribution is 7.92. The zero-order chi connectivity index (χ0) is 23.3. The molecule has 0 atom stereocenters. The maximum absolute atomic E-state index is 12.9. The van der Waals surface area contributed by atoms with E-state index >= 15 is 0 Å². The minimum atomic E-state index is -4.04.